The Labute approximate surface area is 203 Å². The van der Waals surface area contributed by atoms with Crippen LogP contribution in [0.3, 0.4) is 0 Å². The Hall–Kier alpha value is -1.30. The zero-order chi connectivity index (χ0) is 24.6. The van der Waals surface area contributed by atoms with Gasteiger partial charge in [0.1, 0.15) is 26.2 Å². The number of hydrogen-bond acceptors (Lipinski definition) is 5. The first kappa shape index (κ1) is 31.7. The van der Waals surface area contributed by atoms with Crippen molar-refractivity contribution in [2.24, 2.45) is 0 Å². The minimum absolute atomic E-state index is 0.0612. The molecule has 0 rings (SSSR count). The maximum absolute atomic E-state index is 11.5. The second kappa shape index (κ2) is 23.8. The third kappa shape index (κ3) is 16.9. The Morgan fingerprint density at radius 3 is 1.33 bits per heavy atom. The van der Waals surface area contributed by atoms with Crippen LogP contribution in [0.4, 0.5) is 0 Å². The van der Waals surface area contributed by atoms with Gasteiger partial charge in [0, 0.05) is 11.1 Å². The largest absolute Gasteiger partial charge is 0.347 e. The number of allylic oxidation sites excluding steroid dienone is 2. The Morgan fingerprint density at radius 1 is 0.606 bits per heavy atom. The smallest absolute Gasteiger partial charge is 0.150 e. The van der Waals surface area contributed by atoms with E-state index in [0.717, 1.165) is 63.9 Å². The SMILES string of the molecule is CCC=C(C=O)C(CCCCCCC)OCOCOC(CCCCCCC)C(C=O)=CCC. The number of carbonyl (C=O) groups is 2. The highest BCUT2D eigenvalue weighted by atomic mass is 16.7. The van der Waals surface area contributed by atoms with Crippen molar-refractivity contribution >= 4 is 12.6 Å². The van der Waals surface area contributed by atoms with E-state index in [2.05, 4.69) is 13.8 Å². The molecule has 192 valence electrons. The average molecular weight is 467 g/mol. The quantitative estimate of drug-likeness (QED) is 0.0638. The molecule has 0 spiro atoms. The predicted octanol–water partition coefficient (Wildman–Crippen LogP) is 7.48. The summed E-state index contributed by atoms with van der Waals surface area (Å²) in [4.78, 5) is 23.1. The molecule has 0 fully saturated rings. The van der Waals surface area contributed by atoms with E-state index in [1.54, 1.807) is 0 Å². The summed E-state index contributed by atoms with van der Waals surface area (Å²) >= 11 is 0. The molecule has 0 radical (unpaired) electrons. The minimum atomic E-state index is -0.246. The third-order valence-electron chi connectivity index (χ3n) is 5.74. The first-order valence-electron chi connectivity index (χ1n) is 13.3. The molecule has 33 heavy (non-hydrogen) atoms. The summed E-state index contributed by atoms with van der Waals surface area (Å²) in [6.07, 6.45) is 20.1. The van der Waals surface area contributed by atoms with Gasteiger partial charge >= 0.3 is 0 Å². The van der Waals surface area contributed by atoms with E-state index in [0.29, 0.717) is 11.1 Å². The Kier molecular flexibility index (Phi) is 22.9. The van der Waals surface area contributed by atoms with Crippen LogP contribution in [0.5, 0.6) is 0 Å². The summed E-state index contributed by atoms with van der Waals surface area (Å²) in [5.41, 5.74) is 1.38. The normalized spacial score (nSPS) is 14.3. The number of aldehydes is 2. The second-order valence-corrected chi connectivity index (χ2v) is 8.62. The van der Waals surface area contributed by atoms with Crippen LogP contribution in [-0.2, 0) is 23.8 Å². The Morgan fingerprint density at radius 2 is 1.00 bits per heavy atom. The van der Waals surface area contributed by atoms with Crippen molar-refractivity contribution in [2.45, 2.75) is 130 Å². The lowest BCUT2D eigenvalue weighted by Crippen LogP contribution is -2.22. The molecule has 0 aliphatic rings. The molecule has 0 amide bonds. The summed E-state index contributed by atoms with van der Waals surface area (Å²) in [6.45, 7) is 8.56. The van der Waals surface area contributed by atoms with E-state index in [9.17, 15) is 9.59 Å². The Bertz CT molecular complexity index is 480. The van der Waals surface area contributed by atoms with Crippen LogP contribution < -0.4 is 0 Å². The molecule has 0 saturated heterocycles. The van der Waals surface area contributed by atoms with Crippen LogP contribution >= 0.6 is 0 Å². The molecule has 0 aliphatic carbocycles. The van der Waals surface area contributed by atoms with Crippen molar-refractivity contribution in [1.29, 1.82) is 0 Å². The fraction of sp³-hybridized carbons (Fsp3) is 0.786. The standard InChI is InChI=1S/C28H50O5/c1-5-9-11-13-15-19-27(25(21-29)17-7-3)32-23-31-24-33-28(26(22-30)18-8-4)20-16-14-12-10-6-2/h17-18,21-22,27-28H,5-16,19-20,23-24H2,1-4H3. The molecule has 0 aromatic heterocycles. The summed E-state index contributed by atoms with van der Waals surface area (Å²) in [6, 6.07) is 0. The third-order valence-corrected chi connectivity index (χ3v) is 5.74. The first-order valence-corrected chi connectivity index (χ1v) is 13.3. The first-order chi connectivity index (χ1) is 16.2. The highest BCUT2D eigenvalue weighted by molar-refractivity contribution is 5.75. The van der Waals surface area contributed by atoms with Gasteiger partial charge in [0.2, 0.25) is 0 Å². The maximum Gasteiger partial charge on any atom is 0.150 e. The van der Waals surface area contributed by atoms with Gasteiger partial charge in [-0.05, 0) is 25.7 Å². The molecule has 5 heteroatoms. The van der Waals surface area contributed by atoms with E-state index >= 15 is 0 Å². The number of rotatable bonds is 24. The van der Waals surface area contributed by atoms with Gasteiger partial charge in [-0.2, -0.15) is 0 Å². The summed E-state index contributed by atoms with van der Waals surface area (Å²) in [5, 5.41) is 0. The molecule has 0 heterocycles. The van der Waals surface area contributed by atoms with E-state index in [4.69, 9.17) is 14.2 Å². The average Bonchev–Trinajstić information content (AvgIpc) is 2.83. The van der Waals surface area contributed by atoms with Crippen LogP contribution in [0.2, 0.25) is 0 Å². The molecule has 0 bridgehead atoms. The van der Waals surface area contributed by atoms with Gasteiger partial charge < -0.3 is 14.2 Å². The summed E-state index contributed by atoms with van der Waals surface area (Å²) in [7, 11) is 0. The van der Waals surface area contributed by atoms with Crippen LogP contribution in [0.15, 0.2) is 23.3 Å². The van der Waals surface area contributed by atoms with E-state index < -0.39 is 0 Å². The molecular formula is C28H50O5. The van der Waals surface area contributed by atoms with Gasteiger partial charge in [-0.15, -0.1) is 0 Å². The highest BCUT2D eigenvalue weighted by Crippen LogP contribution is 2.18. The van der Waals surface area contributed by atoms with Crippen LogP contribution in [0.1, 0.15) is 118 Å². The van der Waals surface area contributed by atoms with Crippen molar-refractivity contribution in [3.05, 3.63) is 23.3 Å². The zero-order valence-corrected chi connectivity index (χ0v) is 21.8. The van der Waals surface area contributed by atoms with Crippen molar-refractivity contribution < 1.29 is 23.8 Å². The predicted molar refractivity (Wildman–Crippen MR) is 136 cm³/mol. The van der Waals surface area contributed by atoms with E-state index in [-0.39, 0.29) is 25.8 Å². The maximum atomic E-state index is 11.5. The van der Waals surface area contributed by atoms with Gasteiger partial charge in [0.05, 0.1) is 12.2 Å². The van der Waals surface area contributed by atoms with Crippen molar-refractivity contribution in [1.82, 2.24) is 0 Å². The molecule has 0 aromatic rings. The lowest BCUT2D eigenvalue weighted by molar-refractivity contribution is -0.157. The highest BCUT2D eigenvalue weighted by Gasteiger charge is 2.16. The molecule has 0 aliphatic heterocycles. The van der Waals surface area contributed by atoms with Crippen molar-refractivity contribution in [3.8, 4) is 0 Å². The fourth-order valence-corrected chi connectivity index (χ4v) is 3.84. The monoisotopic (exact) mass is 466 g/mol. The van der Waals surface area contributed by atoms with Crippen molar-refractivity contribution in [2.75, 3.05) is 13.6 Å². The molecule has 0 saturated carbocycles. The van der Waals surface area contributed by atoms with Crippen LogP contribution in [-0.4, -0.2) is 38.4 Å². The lowest BCUT2D eigenvalue weighted by Gasteiger charge is -2.20. The topological polar surface area (TPSA) is 61.8 Å². The van der Waals surface area contributed by atoms with Crippen LogP contribution in [0.25, 0.3) is 0 Å². The number of carbonyl (C=O) groups excluding carboxylic acids is 2. The second-order valence-electron chi connectivity index (χ2n) is 8.62. The molecule has 0 aromatic carbocycles. The summed E-state index contributed by atoms with van der Waals surface area (Å²) < 4.78 is 17.4. The molecule has 0 N–H and O–H groups in total. The Balaban J connectivity index is 4.62. The minimum Gasteiger partial charge on any atom is -0.347 e. The number of unbranched alkanes of at least 4 members (excludes halogenated alkanes) is 8. The molecule has 2 unspecified atom stereocenters. The molecular weight excluding hydrogens is 416 g/mol. The van der Waals surface area contributed by atoms with Gasteiger partial charge in [0.25, 0.3) is 0 Å². The van der Waals surface area contributed by atoms with E-state index in [1.165, 1.54) is 38.5 Å². The van der Waals surface area contributed by atoms with Crippen LogP contribution in [0, 0.1) is 0 Å². The van der Waals surface area contributed by atoms with E-state index in [1.807, 2.05) is 26.0 Å². The summed E-state index contributed by atoms with van der Waals surface area (Å²) in [5.74, 6) is 0. The van der Waals surface area contributed by atoms with Gasteiger partial charge in [-0.1, -0.05) is 104 Å². The molecule has 2 atom stereocenters. The van der Waals surface area contributed by atoms with Gasteiger partial charge in [0.15, 0.2) is 0 Å². The number of hydrogen-bond donors (Lipinski definition) is 0. The molecule has 5 nitrogen and oxygen atoms in total. The number of ether oxygens (including phenoxy) is 3. The van der Waals surface area contributed by atoms with Gasteiger partial charge in [-0.25, -0.2) is 0 Å². The zero-order valence-electron chi connectivity index (χ0n) is 21.8. The van der Waals surface area contributed by atoms with Gasteiger partial charge in [-0.3, -0.25) is 9.59 Å². The lowest BCUT2D eigenvalue weighted by atomic mass is 10.0. The van der Waals surface area contributed by atoms with Crippen molar-refractivity contribution in [3.63, 3.8) is 0 Å². The fourth-order valence-electron chi connectivity index (χ4n) is 3.84.